The summed E-state index contributed by atoms with van der Waals surface area (Å²) < 4.78 is 0. The monoisotopic (exact) mass is 234 g/mol. The standard InChI is InChI=1S/C15H26N2/c1-15(2,3)17-13-12-16-11-7-10-14-8-5-4-6-9-14/h4-6,8-9,16-17H,7,10-13H2,1-3H3. The van der Waals surface area contributed by atoms with Gasteiger partial charge in [-0.1, -0.05) is 30.3 Å². The van der Waals surface area contributed by atoms with Crippen LogP contribution in [0.2, 0.25) is 0 Å². The molecule has 1 aromatic rings. The van der Waals surface area contributed by atoms with Gasteiger partial charge in [-0.15, -0.1) is 0 Å². The summed E-state index contributed by atoms with van der Waals surface area (Å²) >= 11 is 0. The fourth-order valence-electron chi connectivity index (χ4n) is 1.71. The van der Waals surface area contributed by atoms with Crippen molar-refractivity contribution >= 4 is 0 Å². The topological polar surface area (TPSA) is 24.1 Å². The highest BCUT2D eigenvalue weighted by Gasteiger charge is 2.06. The Morgan fingerprint density at radius 2 is 1.65 bits per heavy atom. The van der Waals surface area contributed by atoms with E-state index in [4.69, 9.17) is 0 Å². The predicted octanol–water partition coefficient (Wildman–Crippen LogP) is 2.60. The second kappa shape index (κ2) is 7.46. The van der Waals surface area contributed by atoms with E-state index in [1.54, 1.807) is 0 Å². The normalized spacial score (nSPS) is 11.7. The lowest BCUT2D eigenvalue weighted by atomic mass is 10.1. The van der Waals surface area contributed by atoms with Crippen LogP contribution in [-0.2, 0) is 6.42 Å². The van der Waals surface area contributed by atoms with E-state index in [1.807, 2.05) is 0 Å². The first-order chi connectivity index (χ1) is 8.08. The van der Waals surface area contributed by atoms with Gasteiger partial charge in [-0.3, -0.25) is 0 Å². The van der Waals surface area contributed by atoms with E-state index >= 15 is 0 Å². The van der Waals surface area contributed by atoms with Crippen molar-refractivity contribution in [1.29, 1.82) is 0 Å². The van der Waals surface area contributed by atoms with Crippen LogP contribution in [-0.4, -0.2) is 25.2 Å². The van der Waals surface area contributed by atoms with E-state index in [-0.39, 0.29) is 5.54 Å². The maximum Gasteiger partial charge on any atom is 0.00970 e. The Balaban J connectivity index is 1.95. The third-order valence-electron chi connectivity index (χ3n) is 2.62. The van der Waals surface area contributed by atoms with Crippen LogP contribution >= 0.6 is 0 Å². The summed E-state index contributed by atoms with van der Waals surface area (Å²) in [6.45, 7) is 9.77. The highest BCUT2D eigenvalue weighted by molar-refractivity contribution is 5.14. The summed E-state index contributed by atoms with van der Waals surface area (Å²) in [6.07, 6.45) is 2.38. The predicted molar refractivity (Wildman–Crippen MR) is 75.4 cm³/mol. The van der Waals surface area contributed by atoms with Gasteiger partial charge in [-0.2, -0.15) is 0 Å². The van der Waals surface area contributed by atoms with E-state index in [9.17, 15) is 0 Å². The van der Waals surface area contributed by atoms with Crippen LogP contribution in [0, 0.1) is 0 Å². The number of rotatable bonds is 7. The minimum atomic E-state index is 0.228. The van der Waals surface area contributed by atoms with Crippen LogP contribution < -0.4 is 10.6 Å². The van der Waals surface area contributed by atoms with E-state index in [1.165, 1.54) is 18.4 Å². The average molecular weight is 234 g/mol. The first-order valence-electron chi connectivity index (χ1n) is 6.57. The summed E-state index contributed by atoms with van der Waals surface area (Å²) in [5, 5.41) is 6.93. The number of benzene rings is 1. The lowest BCUT2D eigenvalue weighted by Gasteiger charge is -2.20. The fourth-order valence-corrected chi connectivity index (χ4v) is 1.71. The smallest absolute Gasteiger partial charge is 0.00970 e. The van der Waals surface area contributed by atoms with Crippen LogP contribution in [0.4, 0.5) is 0 Å². The highest BCUT2D eigenvalue weighted by Crippen LogP contribution is 2.01. The molecule has 0 saturated heterocycles. The van der Waals surface area contributed by atoms with E-state index in [2.05, 4.69) is 61.7 Å². The molecule has 2 N–H and O–H groups in total. The third kappa shape index (κ3) is 7.94. The minimum absolute atomic E-state index is 0.228. The minimum Gasteiger partial charge on any atom is -0.315 e. The van der Waals surface area contributed by atoms with Gasteiger partial charge in [-0.25, -0.2) is 0 Å². The zero-order chi connectivity index (χ0) is 12.6. The molecule has 2 heteroatoms. The van der Waals surface area contributed by atoms with Crippen molar-refractivity contribution in [3.05, 3.63) is 35.9 Å². The molecule has 0 heterocycles. The molecule has 0 atom stereocenters. The Kier molecular flexibility index (Phi) is 6.23. The Bertz CT molecular complexity index is 288. The lowest BCUT2D eigenvalue weighted by molar-refractivity contribution is 0.421. The maximum atomic E-state index is 3.47. The number of hydrogen-bond acceptors (Lipinski definition) is 2. The van der Waals surface area contributed by atoms with Crippen molar-refractivity contribution in [1.82, 2.24) is 10.6 Å². The second-order valence-corrected chi connectivity index (χ2v) is 5.52. The van der Waals surface area contributed by atoms with Gasteiger partial charge in [0.15, 0.2) is 0 Å². The molecule has 0 aliphatic carbocycles. The fraction of sp³-hybridized carbons (Fsp3) is 0.600. The first-order valence-corrected chi connectivity index (χ1v) is 6.57. The van der Waals surface area contributed by atoms with Gasteiger partial charge < -0.3 is 10.6 Å². The van der Waals surface area contributed by atoms with Crippen molar-refractivity contribution in [3.8, 4) is 0 Å². The molecule has 0 saturated carbocycles. The summed E-state index contributed by atoms with van der Waals surface area (Å²) in [4.78, 5) is 0. The molecular formula is C15H26N2. The van der Waals surface area contributed by atoms with Gasteiger partial charge in [0.1, 0.15) is 0 Å². The van der Waals surface area contributed by atoms with E-state index in [0.29, 0.717) is 0 Å². The molecule has 1 rings (SSSR count). The largest absolute Gasteiger partial charge is 0.315 e. The number of nitrogens with one attached hydrogen (secondary N) is 2. The molecule has 0 bridgehead atoms. The molecule has 0 spiro atoms. The number of hydrogen-bond donors (Lipinski definition) is 2. The molecule has 0 unspecified atom stereocenters. The summed E-state index contributed by atoms with van der Waals surface area (Å²) in [5.74, 6) is 0. The third-order valence-corrected chi connectivity index (χ3v) is 2.62. The average Bonchev–Trinajstić information content (AvgIpc) is 2.28. The quantitative estimate of drug-likeness (QED) is 0.709. The molecule has 0 aliphatic rings. The molecule has 0 aromatic heterocycles. The van der Waals surface area contributed by atoms with Crippen molar-refractivity contribution in [2.45, 2.75) is 39.2 Å². The van der Waals surface area contributed by atoms with Gasteiger partial charge in [0.25, 0.3) is 0 Å². The molecule has 96 valence electrons. The molecule has 0 amide bonds. The number of aryl methyl sites for hydroxylation is 1. The van der Waals surface area contributed by atoms with Crippen LogP contribution in [0.1, 0.15) is 32.8 Å². The van der Waals surface area contributed by atoms with Gasteiger partial charge in [0, 0.05) is 18.6 Å². The molecule has 0 aliphatic heterocycles. The first kappa shape index (κ1) is 14.2. The van der Waals surface area contributed by atoms with Crippen LogP contribution in [0.5, 0.6) is 0 Å². The van der Waals surface area contributed by atoms with Crippen molar-refractivity contribution < 1.29 is 0 Å². The Hall–Kier alpha value is -0.860. The van der Waals surface area contributed by atoms with Crippen LogP contribution in [0.3, 0.4) is 0 Å². The summed E-state index contributed by atoms with van der Waals surface area (Å²) in [6, 6.07) is 10.7. The van der Waals surface area contributed by atoms with Gasteiger partial charge >= 0.3 is 0 Å². The zero-order valence-corrected chi connectivity index (χ0v) is 11.4. The SMILES string of the molecule is CC(C)(C)NCCNCCCc1ccccc1. The van der Waals surface area contributed by atoms with E-state index in [0.717, 1.165) is 19.6 Å². The summed E-state index contributed by atoms with van der Waals surface area (Å²) in [5.41, 5.74) is 1.66. The van der Waals surface area contributed by atoms with Gasteiger partial charge in [0.2, 0.25) is 0 Å². The Morgan fingerprint density at radius 3 is 2.29 bits per heavy atom. The lowest BCUT2D eigenvalue weighted by Crippen LogP contribution is -2.40. The molecule has 2 nitrogen and oxygen atoms in total. The van der Waals surface area contributed by atoms with Crippen molar-refractivity contribution in [3.63, 3.8) is 0 Å². The molecular weight excluding hydrogens is 208 g/mol. The molecule has 0 fully saturated rings. The molecule has 17 heavy (non-hydrogen) atoms. The highest BCUT2D eigenvalue weighted by atomic mass is 15.0. The van der Waals surface area contributed by atoms with Crippen LogP contribution in [0.25, 0.3) is 0 Å². The Labute approximate surface area is 106 Å². The van der Waals surface area contributed by atoms with E-state index < -0.39 is 0 Å². The van der Waals surface area contributed by atoms with Gasteiger partial charge in [-0.05, 0) is 45.7 Å². The molecule has 0 radical (unpaired) electrons. The zero-order valence-electron chi connectivity index (χ0n) is 11.4. The van der Waals surface area contributed by atoms with Crippen molar-refractivity contribution in [2.24, 2.45) is 0 Å². The van der Waals surface area contributed by atoms with Crippen molar-refractivity contribution in [2.75, 3.05) is 19.6 Å². The second-order valence-electron chi connectivity index (χ2n) is 5.52. The molecule has 1 aromatic carbocycles. The van der Waals surface area contributed by atoms with Crippen LogP contribution in [0.15, 0.2) is 30.3 Å². The summed E-state index contributed by atoms with van der Waals surface area (Å²) in [7, 11) is 0. The van der Waals surface area contributed by atoms with Gasteiger partial charge in [0.05, 0.1) is 0 Å². The Morgan fingerprint density at radius 1 is 0.941 bits per heavy atom. The maximum absolute atomic E-state index is 3.47.